The number of morpholine rings is 1. The molecule has 0 amide bonds. The van der Waals surface area contributed by atoms with Crippen molar-refractivity contribution < 1.29 is 13.2 Å². The molecule has 2 aliphatic heterocycles. The molecule has 4 heterocycles. The van der Waals surface area contributed by atoms with Crippen LogP contribution in [-0.4, -0.2) is 84.5 Å². The van der Waals surface area contributed by atoms with Gasteiger partial charge in [0.2, 0.25) is 0 Å². The van der Waals surface area contributed by atoms with E-state index in [0.717, 1.165) is 29.7 Å². The number of hydrogen-bond acceptors (Lipinski definition) is 6. The van der Waals surface area contributed by atoms with E-state index in [2.05, 4.69) is 19.9 Å². The van der Waals surface area contributed by atoms with Crippen LogP contribution in [0.5, 0.6) is 0 Å². The summed E-state index contributed by atoms with van der Waals surface area (Å²) in [6, 6.07) is 2.08. The minimum atomic E-state index is -3.45. The monoisotopic (exact) mass is 392 g/mol. The van der Waals surface area contributed by atoms with Gasteiger partial charge >= 0.3 is 0 Å². The van der Waals surface area contributed by atoms with E-state index in [1.807, 2.05) is 19.3 Å². The lowest BCUT2D eigenvalue weighted by Gasteiger charge is -2.31. The summed E-state index contributed by atoms with van der Waals surface area (Å²) in [6.45, 7) is 2.88. The number of nitrogens with one attached hydrogen (secondary N) is 1. The number of fused-ring (bicyclic) bond motifs is 1. The maximum absolute atomic E-state index is 13.1. The fourth-order valence-corrected chi connectivity index (χ4v) is 6.18. The van der Waals surface area contributed by atoms with Gasteiger partial charge in [-0.3, -0.25) is 0 Å². The second kappa shape index (κ2) is 6.13. The fraction of sp³-hybridized carbons (Fsp3) is 0.647. The van der Waals surface area contributed by atoms with Crippen LogP contribution in [0, 0.1) is 5.41 Å². The molecule has 1 aliphatic carbocycles. The molecule has 0 bridgehead atoms. The molecule has 27 heavy (non-hydrogen) atoms. The summed E-state index contributed by atoms with van der Waals surface area (Å²) in [7, 11) is -1.43. The number of hydrogen-bond donors (Lipinski definition) is 1. The first-order valence-corrected chi connectivity index (χ1v) is 10.7. The Bertz CT molecular complexity index is 950. The summed E-state index contributed by atoms with van der Waals surface area (Å²) in [5, 5.41) is 0.963. The SMILES string of the molecule is CN(c1ncnc2[nH]ccc12)C1CN(S(=O)(=O)N2CCOCC2)CC12CC2. The van der Waals surface area contributed by atoms with Gasteiger partial charge in [0.15, 0.2) is 0 Å². The molecule has 3 fully saturated rings. The molecule has 9 nitrogen and oxygen atoms in total. The number of nitrogens with zero attached hydrogens (tertiary/aromatic N) is 5. The molecule has 0 radical (unpaired) electrons. The van der Waals surface area contributed by atoms with Crippen LogP contribution in [-0.2, 0) is 14.9 Å². The third-order valence-electron chi connectivity index (χ3n) is 6.22. The van der Waals surface area contributed by atoms with Gasteiger partial charge < -0.3 is 14.6 Å². The van der Waals surface area contributed by atoms with Crippen LogP contribution >= 0.6 is 0 Å². The fourth-order valence-electron chi connectivity index (χ4n) is 4.50. The van der Waals surface area contributed by atoms with Gasteiger partial charge in [-0.2, -0.15) is 17.0 Å². The number of aromatic nitrogens is 3. The van der Waals surface area contributed by atoms with E-state index in [0.29, 0.717) is 39.4 Å². The van der Waals surface area contributed by atoms with Gasteiger partial charge in [0.05, 0.1) is 24.6 Å². The summed E-state index contributed by atoms with van der Waals surface area (Å²) in [6.07, 6.45) is 5.52. The highest BCUT2D eigenvalue weighted by Crippen LogP contribution is 2.55. The molecule has 10 heteroatoms. The van der Waals surface area contributed by atoms with Crippen LogP contribution < -0.4 is 4.90 Å². The van der Waals surface area contributed by atoms with Gasteiger partial charge in [0, 0.05) is 44.8 Å². The van der Waals surface area contributed by atoms with Crippen LogP contribution in [0.2, 0.25) is 0 Å². The third kappa shape index (κ3) is 2.74. The lowest BCUT2D eigenvalue weighted by molar-refractivity contribution is 0.0705. The molecule has 146 valence electrons. The molecular weight excluding hydrogens is 368 g/mol. The van der Waals surface area contributed by atoms with Gasteiger partial charge in [0.25, 0.3) is 10.2 Å². The highest BCUT2D eigenvalue weighted by molar-refractivity contribution is 7.86. The van der Waals surface area contributed by atoms with E-state index in [1.165, 1.54) is 0 Å². The van der Waals surface area contributed by atoms with Crippen molar-refractivity contribution in [1.29, 1.82) is 0 Å². The lowest BCUT2D eigenvalue weighted by Crippen LogP contribution is -2.48. The zero-order chi connectivity index (χ0) is 18.6. The molecule has 2 saturated heterocycles. The third-order valence-corrected chi connectivity index (χ3v) is 8.17. The lowest BCUT2D eigenvalue weighted by atomic mass is 9.99. The standard InChI is InChI=1S/C17H24N6O3S/c1-21(16-13-2-5-18-15(13)19-12-20-16)14-10-23(11-17(14)3-4-17)27(24,25)22-6-8-26-9-7-22/h2,5,12,14H,3-4,6-11H2,1H3,(H,18,19,20). The largest absolute Gasteiger partial charge is 0.379 e. The quantitative estimate of drug-likeness (QED) is 0.811. The number of anilines is 1. The minimum absolute atomic E-state index is 0.0295. The van der Waals surface area contributed by atoms with Crippen molar-refractivity contribution in [3.63, 3.8) is 0 Å². The van der Waals surface area contributed by atoms with E-state index in [9.17, 15) is 8.42 Å². The van der Waals surface area contributed by atoms with E-state index in [-0.39, 0.29) is 11.5 Å². The zero-order valence-electron chi connectivity index (χ0n) is 15.3. The molecule has 1 spiro atoms. The van der Waals surface area contributed by atoms with Crippen LogP contribution in [0.3, 0.4) is 0 Å². The molecule has 1 N–H and O–H groups in total. The molecule has 1 saturated carbocycles. The van der Waals surface area contributed by atoms with E-state index in [4.69, 9.17) is 4.74 Å². The Hall–Kier alpha value is -1.75. The summed E-state index contributed by atoms with van der Waals surface area (Å²) in [4.78, 5) is 14.0. The Morgan fingerprint density at radius 2 is 2.04 bits per heavy atom. The van der Waals surface area contributed by atoms with Crippen LogP contribution in [0.25, 0.3) is 11.0 Å². The average molecular weight is 392 g/mol. The van der Waals surface area contributed by atoms with Crippen LogP contribution in [0.4, 0.5) is 5.82 Å². The maximum atomic E-state index is 13.1. The second-order valence-electron chi connectivity index (χ2n) is 7.74. The van der Waals surface area contributed by atoms with Crippen LogP contribution in [0.1, 0.15) is 12.8 Å². The summed E-state index contributed by atoms with van der Waals surface area (Å²) in [5.41, 5.74) is 0.828. The highest BCUT2D eigenvalue weighted by atomic mass is 32.2. The predicted molar refractivity (Wildman–Crippen MR) is 101 cm³/mol. The molecule has 5 rings (SSSR count). The number of rotatable bonds is 4. The van der Waals surface area contributed by atoms with Gasteiger partial charge in [-0.25, -0.2) is 9.97 Å². The van der Waals surface area contributed by atoms with E-state index < -0.39 is 10.2 Å². The Labute approximate surface area is 158 Å². The average Bonchev–Trinajstić information content (AvgIpc) is 3.12. The first kappa shape index (κ1) is 17.4. The van der Waals surface area contributed by atoms with E-state index in [1.54, 1.807) is 14.9 Å². The Morgan fingerprint density at radius 3 is 2.78 bits per heavy atom. The smallest absolute Gasteiger partial charge is 0.282 e. The van der Waals surface area contributed by atoms with Crippen molar-refractivity contribution in [2.24, 2.45) is 5.41 Å². The van der Waals surface area contributed by atoms with Crippen molar-refractivity contribution in [1.82, 2.24) is 23.6 Å². The van der Waals surface area contributed by atoms with Gasteiger partial charge in [-0.15, -0.1) is 0 Å². The molecular formula is C17H24N6O3S. The first-order valence-electron chi connectivity index (χ1n) is 9.35. The molecule has 2 aromatic heterocycles. The number of aromatic amines is 1. The zero-order valence-corrected chi connectivity index (χ0v) is 16.2. The van der Waals surface area contributed by atoms with Crippen molar-refractivity contribution >= 4 is 27.1 Å². The topological polar surface area (TPSA) is 94.7 Å². The first-order chi connectivity index (χ1) is 13.0. The normalized spacial score (nSPS) is 26.0. The van der Waals surface area contributed by atoms with Crippen molar-refractivity contribution in [2.45, 2.75) is 18.9 Å². The van der Waals surface area contributed by atoms with Gasteiger partial charge in [0.1, 0.15) is 17.8 Å². The Kier molecular flexibility index (Phi) is 3.94. The summed E-state index contributed by atoms with van der Waals surface area (Å²) in [5.74, 6) is 0.850. The Balaban J connectivity index is 1.43. The van der Waals surface area contributed by atoms with Crippen molar-refractivity contribution in [3.05, 3.63) is 18.6 Å². The maximum Gasteiger partial charge on any atom is 0.282 e. The Morgan fingerprint density at radius 1 is 1.26 bits per heavy atom. The second-order valence-corrected chi connectivity index (χ2v) is 9.67. The van der Waals surface area contributed by atoms with Gasteiger partial charge in [-0.1, -0.05) is 0 Å². The molecule has 1 unspecified atom stereocenters. The van der Waals surface area contributed by atoms with Crippen LogP contribution in [0.15, 0.2) is 18.6 Å². The number of H-pyrrole nitrogens is 1. The molecule has 0 aromatic carbocycles. The molecule has 1 atom stereocenters. The van der Waals surface area contributed by atoms with E-state index >= 15 is 0 Å². The summed E-state index contributed by atoms with van der Waals surface area (Å²) < 4.78 is 34.8. The predicted octanol–water partition coefficient (Wildman–Crippen LogP) is 0.436. The van der Waals surface area contributed by atoms with Crippen molar-refractivity contribution in [3.8, 4) is 0 Å². The highest BCUT2D eigenvalue weighted by Gasteiger charge is 2.59. The summed E-state index contributed by atoms with van der Waals surface area (Å²) >= 11 is 0. The number of likely N-dealkylation sites (N-methyl/N-ethyl adjacent to an activating group) is 1. The van der Waals surface area contributed by atoms with Gasteiger partial charge in [-0.05, 0) is 18.9 Å². The molecule has 2 aromatic rings. The van der Waals surface area contributed by atoms with Crippen molar-refractivity contribution in [2.75, 3.05) is 51.3 Å². The molecule has 3 aliphatic rings. The minimum Gasteiger partial charge on any atom is -0.379 e. The number of ether oxygens (including phenoxy) is 1.